The molecule has 68 valence electrons. The molecule has 0 saturated heterocycles. The lowest BCUT2D eigenvalue weighted by Gasteiger charge is -1.89. The van der Waals surface area contributed by atoms with Gasteiger partial charge in [0.2, 0.25) is 5.03 Å². The molecule has 4 nitrogen and oxygen atoms in total. The number of sulfone groups is 1. The summed E-state index contributed by atoms with van der Waals surface area (Å²) in [6, 6.07) is 6.85. The molecule has 0 unspecified atom stereocenters. The highest BCUT2D eigenvalue weighted by Gasteiger charge is 2.16. The lowest BCUT2D eigenvalue weighted by molar-refractivity contribution is 0.433. The largest absolute Gasteiger partial charge is 0.355 e. The Bertz CT molecular complexity index is 541. The lowest BCUT2D eigenvalue weighted by Crippen LogP contribution is -1.97. The minimum absolute atomic E-state index is 0.00287. The van der Waals surface area contributed by atoms with Crippen LogP contribution in [0.25, 0.3) is 11.0 Å². The quantitative estimate of drug-likeness (QED) is 0.689. The van der Waals surface area contributed by atoms with Crippen LogP contribution in [0.15, 0.2) is 33.8 Å². The summed E-state index contributed by atoms with van der Waals surface area (Å²) < 4.78 is 27.2. The number of aromatic nitrogens is 1. The van der Waals surface area contributed by atoms with Crippen LogP contribution >= 0.6 is 0 Å². The SMILES string of the molecule is CS(=O)(=O)c1noc2ccccc12. The van der Waals surface area contributed by atoms with Crippen molar-refractivity contribution >= 4 is 20.8 Å². The van der Waals surface area contributed by atoms with Crippen molar-refractivity contribution in [1.29, 1.82) is 0 Å². The van der Waals surface area contributed by atoms with Crippen molar-refractivity contribution in [3.05, 3.63) is 24.3 Å². The van der Waals surface area contributed by atoms with Crippen molar-refractivity contribution in [1.82, 2.24) is 5.16 Å². The zero-order chi connectivity index (χ0) is 9.47. The Morgan fingerprint density at radius 1 is 1.31 bits per heavy atom. The van der Waals surface area contributed by atoms with Gasteiger partial charge < -0.3 is 4.52 Å². The molecule has 0 bridgehead atoms. The predicted octanol–water partition coefficient (Wildman–Crippen LogP) is 1.23. The fourth-order valence-electron chi connectivity index (χ4n) is 1.13. The fraction of sp³-hybridized carbons (Fsp3) is 0.125. The van der Waals surface area contributed by atoms with Gasteiger partial charge in [0.05, 0.1) is 5.39 Å². The number of hydrogen-bond acceptors (Lipinski definition) is 4. The van der Waals surface area contributed by atoms with E-state index in [1.54, 1.807) is 24.3 Å². The van der Waals surface area contributed by atoms with Crippen LogP contribution in [-0.4, -0.2) is 19.8 Å². The van der Waals surface area contributed by atoms with E-state index in [2.05, 4.69) is 5.16 Å². The van der Waals surface area contributed by atoms with Crippen LogP contribution in [0.2, 0.25) is 0 Å². The monoisotopic (exact) mass is 197 g/mol. The van der Waals surface area contributed by atoms with Gasteiger partial charge in [0.25, 0.3) is 0 Å². The average Bonchev–Trinajstić information content (AvgIpc) is 2.45. The van der Waals surface area contributed by atoms with Crippen molar-refractivity contribution in [3.63, 3.8) is 0 Å². The first-order valence-electron chi connectivity index (χ1n) is 3.63. The molecule has 5 heteroatoms. The van der Waals surface area contributed by atoms with E-state index in [9.17, 15) is 8.42 Å². The first-order valence-corrected chi connectivity index (χ1v) is 5.52. The Morgan fingerprint density at radius 3 is 2.69 bits per heavy atom. The van der Waals surface area contributed by atoms with Gasteiger partial charge in [-0.05, 0) is 12.1 Å². The second kappa shape index (κ2) is 2.56. The number of benzene rings is 1. The smallest absolute Gasteiger partial charge is 0.205 e. The summed E-state index contributed by atoms with van der Waals surface area (Å²) in [6.07, 6.45) is 1.11. The Kier molecular flexibility index (Phi) is 1.63. The van der Waals surface area contributed by atoms with E-state index in [1.165, 1.54) is 0 Å². The first-order chi connectivity index (χ1) is 6.09. The van der Waals surface area contributed by atoms with E-state index >= 15 is 0 Å². The molecule has 0 aliphatic carbocycles. The second-order valence-electron chi connectivity index (χ2n) is 2.76. The van der Waals surface area contributed by atoms with Crippen LogP contribution in [0.5, 0.6) is 0 Å². The molecular formula is C8H7NO3S. The Morgan fingerprint density at radius 2 is 2.00 bits per heavy atom. The molecule has 1 aromatic carbocycles. The molecule has 0 amide bonds. The van der Waals surface area contributed by atoms with Crippen molar-refractivity contribution in [2.45, 2.75) is 5.03 Å². The summed E-state index contributed by atoms with van der Waals surface area (Å²) in [5, 5.41) is 4.04. The summed E-state index contributed by atoms with van der Waals surface area (Å²) in [6.45, 7) is 0. The van der Waals surface area contributed by atoms with Gasteiger partial charge in [-0.3, -0.25) is 0 Å². The molecule has 13 heavy (non-hydrogen) atoms. The van der Waals surface area contributed by atoms with Gasteiger partial charge in [-0.25, -0.2) is 8.42 Å². The van der Waals surface area contributed by atoms with Gasteiger partial charge in [-0.15, -0.1) is 0 Å². The van der Waals surface area contributed by atoms with Gasteiger partial charge in [0.1, 0.15) is 0 Å². The number of fused-ring (bicyclic) bond motifs is 1. The lowest BCUT2D eigenvalue weighted by atomic mass is 10.3. The van der Waals surface area contributed by atoms with E-state index in [4.69, 9.17) is 4.52 Å². The predicted molar refractivity (Wildman–Crippen MR) is 47.1 cm³/mol. The summed E-state index contributed by atoms with van der Waals surface area (Å²) >= 11 is 0. The average molecular weight is 197 g/mol. The van der Waals surface area contributed by atoms with E-state index < -0.39 is 9.84 Å². The molecule has 2 rings (SSSR count). The molecule has 0 fully saturated rings. The number of rotatable bonds is 1. The van der Waals surface area contributed by atoms with Crippen LogP contribution in [0.4, 0.5) is 0 Å². The van der Waals surface area contributed by atoms with E-state index in [1.807, 2.05) is 0 Å². The van der Waals surface area contributed by atoms with Crippen molar-refractivity contribution in [2.24, 2.45) is 0 Å². The molecule has 0 spiro atoms. The Hall–Kier alpha value is -1.36. The molecule has 0 aliphatic heterocycles. The molecule has 0 aliphatic rings. The van der Waals surface area contributed by atoms with Crippen LogP contribution in [0, 0.1) is 0 Å². The number of hydrogen-bond donors (Lipinski definition) is 0. The summed E-state index contributed by atoms with van der Waals surface area (Å²) in [7, 11) is -3.29. The minimum atomic E-state index is -3.29. The first kappa shape index (κ1) is 8.25. The van der Waals surface area contributed by atoms with Gasteiger partial charge in [0.15, 0.2) is 15.4 Å². The summed E-state index contributed by atoms with van der Waals surface area (Å²) in [5.41, 5.74) is 0.489. The van der Waals surface area contributed by atoms with Gasteiger partial charge in [-0.2, -0.15) is 0 Å². The third-order valence-corrected chi connectivity index (χ3v) is 2.69. The number of para-hydroxylation sites is 1. The molecule has 0 N–H and O–H groups in total. The van der Waals surface area contributed by atoms with Crippen LogP contribution in [0.3, 0.4) is 0 Å². The summed E-state index contributed by atoms with van der Waals surface area (Å²) in [4.78, 5) is 0. The van der Waals surface area contributed by atoms with Crippen molar-refractivity contribution < 1.29 is 12.9 Å². The zero-order valence-electron chi connectivity index (χ0n) is 6.89. The molecule has 0 radical (unpaired) electrons. The standard InChI is InChI=1S/C8H7NO3S/c1-13(10,11)8-6-4-2-3-5-7(6)12-9-8/h2-5H,1H3. The Labute approximate surface area is 75.1 Å². The maximum absolute atomic E-state index is 11.2. The fourth-order valence-corrected chi connectivity index (χ4v) is 1.87. The van der Waals surface area contributed by atoms with Crippen LogP contribution < -0.4 is 0 Å². The molecule has 1 heterocycles. The van der Waals surface area contributed by atoms with E-state index in [-0.39, 0.29) is 5.03 Å². The summed E-state index contributed by atoms with van der Waals surface area (Å²) in [5.74, 6) is 0. The maximum Gasteiger partial charge on any atom is 0.205 e. The van der Waals surface area contributed by atoms with E-state index in [0.29, 0.717) is 11.0 Å². The third kappa shape index (κ3) is 1.31. The molecular weight excluding hydrogens is 190 g/mol. The zero-order valence-corrected chi connectivity index (χ0v) is 7.71. The Balaban J connectivity index is 2.87. The van der Waals surface area contributed by atoms with Crippen molar-refractivity contribution in [2.75, 3.05) is 6.26 Å². The van der Waals surface area contributed by atoms with E-state index in [0.717, 1.165) is 6.26 Å². The highest BCUT2D eigenvalue weighted by Crippen LogP contribution is 2.21. The maximum atomic E-state index is 11.2. The third-order valence-electron chi connectivity index (χ3n) is 1.70. The minimum Gasteiger partial charge on any atom is -0.355 e. The highest BCUT2D eigenvalue weighted by atomic mass is 32.2. The van der Waals surface area contributed by atoms with Gasteiger partial charge in [0, 0.05) is 6.26 Å². The molecule has 2 aromatic rings. The number of nitrogens with zero attached hydrogens (tertiary/aromatic N) is 1. The second-order valence-corrected chi connectivity index (χ2v) is 4.69. The molecule has 0 atom stereocenters. The molecule has 1 aromatic heterocycles. The highest BCUT2D eigenvalue weighted by molar-refractivity contribution is 7.90. The van der Waals surface area contributed by atoms with Crippen LogP contribution in [0.1, 0.15) is 0 Å². The molecule has 0 saturated carbocycles. The van der Waals surface area contributed by atoms with Crippen molar-refractivity contribution in [3.8, 4) is 0 Å². The van der Waals surface area contributed by atoms with Gasteiger partial charge >= 0.3 is 0 Å². The normalized spacial score (nSPS) is 12.1. The topological polar surface area (TPSA) is 60.2 Å². The van der Waals surface area contributed by atoms with Gasteiger partial charge in [-0.1, -0.05) is 17.3 Å². The van der Waals surface area contributed by atoms with Crippen LogP contribution in [-0.2, 0) is 9.84 Å².